The lowest BCUT2D eigenvalue weighted by Crippen LogP contribution is -2.62. The van der Waals surface area contributed by atoms with Crippen LogP contribution in [0, 0.1) is 17.8 Å². The van der Waals surface area contributed by atoms with Gasteiger partial charge in [-0.25, -0.2) is 9.79 Å². The van der Waals surface area contributed by atoms with Crippen molar-refractivity contribution in [1.82, 2.24) is 10.6 Å². The van der Waals surface area contributed by atoms with Crippen molar-refractivity contribution in [2.45, 2.75) is 50.2 Å². The SMILES string of the molecule is CN1C(=O)[C@@H](NC(=O)NC23CC4CC(CC(C4)C2)C3)N=C(c2ccccc2)c2ccccc21. The number of nitrogens with zero attached hydrogens (tertiary/aromatic N) is 2. The Balaban J connectivity index is 1.29. The summed E-state index contributed by atoms with van der Waals surface area (Å²) in [4.78, 5) is 33.0. The molecule has 33 heavy (non-hydrogen) atoms. The molecule has 5 aliphatic rings. The number of amides is 3. The molecule has 4 aliphatic carbocycles. The first-order valence-electron chi connectivity index (χ1n) is 12.1. The molecule has 7 rings (SSSR count). The highest BCUT2D eigenvalue weighted by molar-refractivity contribution is 6.20. The van der Waals surface area contributed by atoms with Crippen LogP contribution >= 0.6 is 0 Å². The van der Waals surface area contributed by atoms with Crippen LogP contribution in [-0.4, -0.2) is 36.4 Å². The van der Waals surface area contributed by atoms with E-state index in [4.69, 9.17) is 4.99 Å². The van der Waals surface area contributed by atoms with Crippen LogP contribution in [0.4, 0.5) is 10.5 Å². The summed E-state index contributed by atoms with van der Waals surface area (Å²) in [5, 5.41) is 6.23. The zero-order valence-electron chi connectivity index (χ0n) is 19.0. The van der Waals surface area contributed by atoms with Crippen LogP contribution in [0.5, 0.6) is 0 Å². The third-order valence-corrected chi connectivity index (χ3v) is 8.08. The Kier molecular flexibility index (Phi) is 4.78. The monoisotopic (exact) mass is 442 g/mol. The highest BCUT2D eigenvalue weighted by Crippen LogP contribution is 2.55. The first kappa shape index (κ1) is 20.5. The van der Waals surface area contributed by atoms with Gasteiger partial charge in [0.05, 0.1) is 11.4 Å². The number of rotatable bonds is 3. The largest absolute Gasteiger partial charge is 0.333 e. The van der Waals surface area contributed by atoms with Crippen molar-refractivity contribution < 1.29 is 9.59 Å². The van der Waals surface area contributed by atoms with Crippen molar-refractivity contribution in [2.24, 2.45) is 22.7 Å². The highest BCUT2D eigenvalue weighted by atomic mass is 16.2. The van der Waals surface area contributed by atoms with Gasteiger partial charge in [0, 0.05) is 23.7 Å². The summed E-state index contributed by atoms with van der Waals surface area (Å²) in [7, 11) is 1.75. The number of likely N-dealkylation sites (N-methyl/N-ethyl adjacent to an activating group) is 1. The maximum absolute atomic E-state index is 13.4. The van der Waals surface area contributed by atoms with E-state index in [1.54, 1.807) is 11.9 Å². The van der Waals surface area contributed by atoms with Crippen LogP contribution in [0.2, 0.25) is 0 Å². The molecule has 2 aromatic rings. The second kappa shape index (κ2) is 7.72. The van der Waals surface area contributed by atoms with Crippen LogP contribution in [0.15, 0.2) is 59.6 Å². The van der Waals surface area contributed by atoms with Crippen molar-refractivity contribution in [3.05, 3.63) is 65.7 Å². The average molecular weight is 443 g/mol. The van der Waals surface area contributed by atoms with E-state index in [1.165, 1.54) is 19.3 Å². The van der Waals surface area contributed by atoms with Crippen molar-refractivity contribution in [3.63, 3.8) is 0 Å². The van der Waals surface area contributed by atoms with Crippen LogP contribution in [0.25, 0.3) is 0 Å². The van der Waals surface area contributed by atoms with Crippen molar-refractivity contribution in [3.8, 4) is 0 Å². The van der Waals surface area contributed by atoms with E-state index < -0.39 is 6.17 Å². The molecule has 4 fully saturated rings. The molecule has 0 aromatic heterocycles. The van der Waals surface area contributed by atoms with Gasteiger partial charge in [-0.15, -0.1) is 0 Å². The lowest BCUT2D eigenvalue weighted by molar-refractivity contribution is -0.119. The van der Waals surface area contributed by atoms with Gasteiger partial charge < -0.3 is 15.5 Å². The maximum Gasteiger partial charge on any atom is 0.317 e. The van der Waals surface area contributed by atoms with E-state index >= 15 is 0 Å². The molecule has 6 heteroatoms. The van der Waals surface area contributed by atoms with Crippen molar-refractivity contribution in [2.75, 3.05) is 11.9 Å². The number of fused-ring (bicyclic) bond motifs is 1. The van der Waals surface area contributed by atoms with Gasteiger partial charge in [0.2, 0.25) is 6.17 Å². The lowest BCUT2D eigenvalue weighted by atomic mass is 9.53. The lowest BCUT2D eigenvalue weighted by Gasteiger charge is -2.56. The van der Waals surface area contributed by atoms with E-state index in [2.05, 4.69) is 10.6 Å². The molecule has 1 atom stereocenters. The number of carbonyl (C=O) groups excluding carboxylic acids is 2. The van der Waals surface area contributed by atoms with E-state index in [9.17, 15) is 9.59 Å². The van der Waals surface area contributed by atoms with E-state index in [-0.39, 0.29) is 17.5 Å². The van der Waals surface area contributed by atoms with E-state index in [1.807, 2.05) is 54.6 Å². The Labute approximate surface area is 194 Å². The fourth-order valence-electron chi connectivity index (χ4n) is 7.11. The molecule has 3 amide bonds. The van der Waals surface area contributed by atoms with Gasteiger partial charge in [-0.1, -0.05) is 48.5 Å². The molecule has 6 nitrogen and oxygen atoms in total. The topological polar surface area (TPSA) is 73.8 Å². The molecule has 0 saturated heterocycles. The summed E-state index contributed by atoms with van der Waals surface area (Å²) in [5.41, 5.74) is 3.18. The molecule has 0 radical (unpaired) electrons. The zero-order valence-corrected chi connectivity index (χ0v) is 19.0. The number of carbonyl (C=O) groups is 2. The number of benzodiazepines with no additional fused rings is 1. The minimum atomic E-state index is -0.980. The molecular formula is C27H30N4O2. The average Bonchev–Trinajstić information content (AvgIpc) is 2.89. The van der Waals surface area contributed by atoms with E-state index in [0.717, 1.165) is 53.8 Å². The molecule has 0 unspecified atom stereocenters. The fraction of sp³-hybridized carbons (Fsp3) is 0.444. The summed E-state index contributed by atoms with van der Waals surface area (Å²) in [6.45, 7) is 0. The normalized spacial score (nSPS) is 32.1. The minimum absolute atomic E-state index is 0.118. The molecular weight excluding hydrogens is 412 g/mol. The predicted molar refractivity (Wildman–Crippen MR) is 128 cm³/mol. The second-order valence-corrected chi connectivity index (χ2v) is 10.5. The van der Waals surface area contributed by atoms with Crippen LogP contribution in [0.3, 0.4) is 0 Å². The number of urea groups is 1. The smallest absolute Gasteiger partial charge is 0.317 e. The Morgan fingerprint density at radius 3 is 2.21 bits per heavy atom. The summed E-state index contributed by atoms with van der Waals surface area (Å²) < 4.78 is 0. The molecule has 0 spiro atoms. The molecule has 2 N–H and O–H groups in total. The fourth-order valence-corrected chi connectivity index (χ4v) is 7.11. The van der Waals surface area contributed by atoms with Crippen LogP contribution < -0.4 is 15.5 Å². The first-order chi connectivity index (χ1) is 16.0. The van der Waals surface area contributed by atoms with Gasteiger partial charge in [0.15, 0.2) is 0 Å². The number of hydrogen-bond donors (Lipinski definition) is 2. The Morgan fingerprint density at radius 2 is 1.55 bits per heavy atom. The van der Waals surface area contributed by atoms with Crippen LogP contribution in [-0.2, 0) is 4.79 Å². The second-order valence-electron chi connectivity index (χ2n) is 10.5. The van der Waals surface area contributed by atoms with Crippen molar-refractivity contribution >= 4 is 23.3 Å². The number of hydrogen-bond acceptors (Lipinski definition) is 3. The first-order valence-corrected chi connectivity index (χ1v) is 12.1. The molecule has 4 bridgehead atoms. The Morgan fingerprint density at radius 1 is 0.939 bits per heavy atom. The molecule has 4 saturated carbocycles. The van der Waals surface area contributed by atoms with Gasteiger partial charge in [0.25, 0.3) is 5.91 Å². The Hall–Kier alpha value is -3.15. The van der Waals surface area contributed by atoms with Gasteiger partial charge in [-0.2, -0.15) is 0 Å². The van der Waals surface area contributed by atoms with Crippen LogP contribution in [0.1, 0.15) is 49.7 Å². The molecule has 2 aromatic carbocycles. The standard InChI is InChI=1S/C27H30N4O2/c1-31-22-10-6-5-9-21(22)23(20-7-3-2-4-8-20)28-24(25(31)32)29-26(33)30-27-14-17-11-18(15-27)13-19(12-17)16-27/h2-10,17-19,24H,11-16H2,1H3,(H2,29,30,33)/t17?,18?,19?,24-,27?/m1/s1. The number of benzene rings is 2. The number of anilines is 1. The van der Waals surface area contributed by atoms with Gasteiger partial charge in [0.1, 0.15) is 0 Å². The third-order valence-electron chi connectivity index (χ3n) is 8.08. The van der Waals surface area contributed by atoms with E-state index in [0.29, 0.717) is 5.71 Å². The minimum Gasteiger partial charge on any atom is -0.333 e. The van der Waals surface area contributed by atoms with Gasteiger partial charge in [-0.05, 0) is 62.3 Å². The zero-order chi connectivity index (χ0) is 22.6. The summed E-state index contributed by atoms with van der Waals surface area (Å²) >= 11 is 0. The van der Waals surface area contributed by atoms with Gasteiger partial charge in [-0.3, -0.25) is 4.79 Å². The Bertz CT molecular complexity index is 1090. The summed E-state index contributed by atoms with van der Waals surface area (Å²) in [6, 6.07) is 17.3. The molecule has 170 valence electrons. The number of aliphatic imine (C=N–C) groups is 1. The highest BCUT2D eigenvalue weighted by Gasteiger charge is 2.51. The maximum atomic E-state index is 13.4. The summed E-state index contributed by atoms with van der Waals surface area (Å²) in [5.74, 6) is 1.97. The molecule has 1 aliphatic heterocycles. The number of nitrogens with one attached hydrogen (secondary N) is 2. The predicted octanol–water partition coefficient (Wildman–Crippen LogP) is 4.09. The third kappa shape index (κ3) is 3.62. The van der Waals surface area contributed by atoms with Gasteiger partial charge >= 0.3 is 6.03 Å². The number of para-hydroxylation sites is 1. The summed E-state index contributed by atoms with van der Waals surface area (Å²) in [6.07, 6.45) is 6.16. The van der Waals surface area contributed by atoms with Crippen molar-refractivity contribution in [1.29, 1.82) is 0 Å². The quantitative estimate of drug-likeness (QED) is 0.751. The molecule has 1 heterocycles.